The molecule has 1 radical (unpaired) electrons. The highest BCUT2D eigenvalue weighted by Gasteiger charge is 2.20. The molecule has 0 saturated heterocycles. The zero-order valence-electron chi connectivity index (χ0n) is 8.42. The molecule has 14 heavy (non-hydrogen) atoms. The van der Waals surface area contributed by atoms with Crippen LogP contribution in [0.1, 0.15) is 32.1 Å². The SMILES string of the molecule is [CH]1C=CCC2=C1CC1=C(CC=CC1)C2. The van der Waals surface area contributed by atoms with Crippen LogP contribution in [0.2, 0.25) is 0 Å². The lowest BCUT2D eigenvalue weighted by Gasteiger charge is -2.28. The summed E-state index contributed by atoms with van der Waals surface area (Å²) in [5.41, 5.74) is 6.66. The summed E-state index contributed by atoms with van der Waals surface area (Å²) in [6.07, 6.45) is 17.5. The molecule has 0 atom stereocenters. The maximum absolute atomic E-state index is 2.33. The third kappa shape index (κ3) is 1.30. The molecule has 0 aliphatic heterocycles. The summed E-state index contributed by atoms with van der Waals surface area (Å²) < 4.78 is 0. The van der Waals surface area contributed by atoms with Crippen molar-refractivity contribution in [3.8, 4) is 0 Å². The molecule has 0 heteroatoms. The molecule has 0 aromatic rings. The molecular weight excluding hydrogens is 168 g/mol. The van der Waals surface area contributed by atoms with Gasteiger partial charge in [0.2, 0.25) is 0 Å². The molecule has 0 N–H and O–H groups in total. The predicted octanol–water partition coefficient (Wildman–Crippen LogP) is 3.89. The lowest BCUT2D eigenvalue weighted by Crippen LogP contribution is -2.09. The fourth-order valence-electron chi connectivity index (χ4n) is 2.63. The molecular formula is C14H15. The van der Waals surface area contributed by atoms with E-state index in [1.807, 2.05) is 0 Å². The Labute approximate surface area is 85.7 Å². The van der Waals surface area contributed by atoms with E-state index in [1.165, 1.54) is 32.1 Å². The number of hydrogen-bond donors (Lipinski definition) is 0. The second-order valence-corrected chi connectivity index (χ2v) is 4.37. The summed E-state index contributed by atoms with van der Waals surface area (Å²) in [7, 11) is 0. The van der Waals surface area contributed by atoms with Crippen LogP contribution in [-0.2, 0) is 0 Å². The van der Waals surface area contributed by atoms with Gasteiger partial charge in [-0.3, -0.25) is 0 Å². The maximum Gasteiger partial charge on any atom is 0.00834 e. The van der Waals surface area contributed by atoms with Crippen molar-refractivity contribution in [3.63, 3.8) is 0 Å². The second kappa shape index (κ2) is 3.27. The fourth-order valence-corrected chi connectivity index (χ4v) is 2.63. The standard InChI is InChI=1S/C14H15/c1-2-6-12-10-14-8-4-3-7-13(14)9-11(12)5-1/h1-5H,6-10H2. The molecule has 3 aliphatic carbocycles. The third-order valence-corrected chi connectivity index (χ3v) is 3.48. The van der Waals surface area contributed by atoms with Gasteiger partial charge >= 0.3 is 0 Å². The topological polar surface area (TPSA) is 0 Å². The van der Waals surface area contributed by atoms with Crippen molar-refractivity contribution in [1.82, 2.24) is 0 Å². The van der Waals surface area contributed by atoms with Crippen LogP contribution in [0.4, 0.5) is 0 Å². The van der Waals surface area contributed by atoms with Crippen LogP contribution in [0.5, 0.6) is 0 Å². The highest BCUT2D eigenvalue weighted by molar-refractivity contribution is 5.45. The van der Waals surface area contributed by atoms with Gasteiger partial charge in [-0.2, -0.15) is 0 Å². The normalized spacial score (nSPS) is 25.1. The van der Waals surface area contributed by atoms with Gasteiger partial charge in [0.15, 0.2) is 0 Å². The molecule has 0 spiro atoms. The molecule has 0 aromatic carbocycles. The highest BCUT2D eigenvalue weighted by Crippen LogP contribution is 2.39. The van der Waals surface area contributed by atoms with Crippen LogP contribution in [0.25, 0.3) is 0 Å². The fraction of sp³-hybridized carbons (Fsp3) is 0.357. The van der Waals surface area contributed by atoms with E-state index in [-0.39, 0.29) is 0 Å². The minimum absolute atomic E-state index is 1.19. The van der Waals surface area contributed by atoms with E-state index in [0.29, 0.717) is 0 Å². The first kappa shape index (κ1) is 8.28. The quantitative estimate of drug-likeness (QED) is 0.500. The zero-order valence-corrected chi connectivity index (χ0v) is 8.42. The van der Waals surface area contributed by atoms with E-state index >= 15 is 0 Å². The van der Waals surface area contributed by atoms with Crippen molar-refractivity contribution in [2.45, 2.75) is 32.1 Å². The smallest absolute Gasteiger partial charge is 0.00834 e. The Balaban J connectivity index is 1.86. The molecule has 3 aliphatic rings. The van der Waals surface area contributed by atoms with Gasteiger partial charge in [-0.25, -0.2) is 0 Å². The Morgan fingerprint density at radius 1 is 0.714 bits per heavy atom. The van der Waals surface area contributed by atoms with E-state index in [0.717, 1.165) is 0 Å². The van der Waals surface area contributed by atoms with Crippen LogP contribution >= 0.6 is 0 Å². The second-order valence-electron chi connectivity index (χ2n) is 4.37. The van der Waals surface area contributed by atoms with Crippen molar-refractivity contribution in [1.29, 1.82) is 0 Å². The molecule has 0 unspecified atom stereocenters. The van der Waals surface area contributed by atoms with Crippen LogP contribution in [0, 0.1) is 6.42 Å². The van der Waals surface area contributed by atoms with E-state index < -0.39 is 0 Å². The molecule has 0 bridgehead atoms. The Bertz CT molecular complexity index is 305. The highest BCUT2D eigenvalue weighted by atomic mass is 14.3. The number of hydrogen-bond acceptors (Lipinski definition) is 0. The summed E-state index contributed by atoms with van der Waals surface area (Å²) >= 11 is 0. The molecule has 0 aromatic heterocycles. The average molecular weight is 183 g/mol. The molecule has 71 valence electrons. The summed E-state index contributed by atoms with van der Waals surface area (Å²) in [6.45, 7) is 0. The zero-order chi connectivity index (χ0) is 9.38. The van der Waals surface area contributed by atoms with Crippen molar-refractivity contribution >= 4 is 0 Å². The van der Waals surface area contributed by atoms with Gasteiger partial charge in [0.05, 0.1) is 0 Å². The largest absolute Gasteiger partial charge is 0.0841 e. The Kier molecular flexibility index (Phi) is 1.93. The van der Waals surface area contributed by atoms with Gasteiger partial charge in [0.1, 0.15) is 0 Å². The Morgan fingerprint density at radius 3 is 2.29 bits per heavy atom. The summed E-state index contributed by atoms with van der Waals surface area (Å²) in [5, 5.41) is 0. The number of rotatable bonds is 0. The van der Waals surface area contributed by atoms with Crippen LogP contribution in [0.3, 0.4) is 0 Å². The molecule has 0 saturated carbocycles. The lowest BCUT2D eigenvalue weighted by molar-refractivity contribution is 0.831. The van der Waals surface area contributed by atoms with Gasteiger partial charge in [-0.1, -0.05) is 46.6 Å². The van der Waals surface area contributed by atoms with Gasteiger partial charge in [0.25, 0.3) is 0 Å². The molecule has 0 heterocycles. The van der Waals surface area contributed by atoms with Crippen molar-refractivity contribution in [2.75, 3.05) is 0 Å². The molecule has 0 fully saturated rings. The summed E-state index contributed by atoms with van der Waals surface area (Å²) in [4.78, 5) is 0. The molecule has 0 nitrogen and oxygen atoms in total. The molecule has 3 rings (SSSR count). The van der Waals surface area contributed by atoms with Crippen molar-refractivity contribution < 1.29 is 0 Å². The first-order valence-electron chi connectivity index (χ1n) is 5.49. The van der Waals surface area contributed by atoms with Crippen molar-refractivity contribution in [2.24, 2.45) is 0 Å². The van der Waals surface area contributed by atoms with Gasteiger partial charge in [-0.15, -0.1) is 0 Å². The van der Waals surface area contributed by atoms with E-state index in [1.54, 1.807) is 22.3 Å². The lowest BCUT2D eigenvalue weighted by atomic mass is 9.78. The first-order chi connectivity index (χ1) is 6.93. The van der Waals surface area contributed by atoms with Crippen LogP contribution < -0.4 is 0 Å². The van der Waals surface area contributed by atoms with Gasteiger partial charge < -0.3 is 0 Å². The average Bonchev–Trinajstić information content (AvgIpc) is 2.26. The van der Waals surface area contributed by atoms with Gasteiger partial charge in [-0.05, 0) is 32.1 Å². The third-order valence-electron chi connectivity index (χ3n) is 3.48. The minimum atomic E-state index is 1.19. The Morgan fingerprint density at radius 2 is 1.43 bits per heavy atom. The maximum atomic E-state index is 2.33. The minimum Gasteiger partial charge on any atom is -0.0841 e. The Hall–Kier alpha value is -1.04. The van der Waals surface area contributed by atoms with Crippen LogP contribution in [-0.4, -0.2) is 0 Å². The van der Waals surface area contributed by atoms with E-state index in [9.17, 15) is 0 Å². The van der Waals surface area contributed by atoms with E-state index in [4.69, 9.17) is 0 Å². The number of allylic oxidation sites excluding steroid dienone is 8. The van der Waals surface area contributed by atoms with Gasteiger partial charge in [0, 0.05) is 6.42 Å². The molecule has 0 amide bonds. The monoisotopic (exact) mass is 183 g/mol. The van der Waals surface area contributed by atoms with E-state index in [2.05, 4.69) is 30.7 Å². The predicted molar refractivity (Wildman–Crippen MR) is 59.7 cm³/mol. The summed E-state index contributed by atoms with van der Waals surface area (Å²) in [6, 6.07) is 0. The summed E-state index contributed by atoms with van der Waals surface area (Å²) in [5.74, 6) is 0. The van der Waals surface area contributed by atoms with Crippen LogP contribution in [0.15, 0.2) is 46.6 Å². The van der Waals surface area contributed by atoms with Crippen molar-refractivity contribution in [3.05, 3.63) is 53.0 Å². The first-order valence-corrected chi connectivity index (χ1v) is 5.49.